The Kier molecular flexibility index (Phi) is 7.75. The molecule has 0 saturated carbocycles. The van der Waals surface area contributed by atoms with E-state index in [1.165, 1.54) is 5.56 Å². The van der Waals surface area contributed by atoms with Gasteiger partial charge in [-0.25, -0.2) is 4.79 Å². The summed E-state index contributed by atoms with van der Waals surface area (Å²) >= 11 is 0. The van der Waals surface area contributed by atoms with Crippen molar-refractivity contribution < 1.29 is 9.59 Å². The fourth-order valence-electron chi connectivity index (χ4n) is 4.49. The summed E-state index contributed by atoms with van der Waals surface area (Å²) in [6.07, 6.45) is 2.27. The molecule has 0 unspecified atom stereocenters. The van der Waals surface area contributed by atoms with Crippen molar-refractivity contribution >= 4 is 28.5 Å². The Hall–Kier alpha value is -3.45. The number of hydrogen-bond acceptors (Lipinski definition) is 4. The van der Waals surface area contributed by atoms with Gasteiger partial charge in [-0.3, -0.25) is 9.78 Å². The molecule has 1 aromatic heterocycles. The first-order valence-corrected chi connectivity index (χ1v) is 11.9. The van der Waals surface area contributed by atoms with Gasteiger partial charge in [0.05, 0.1) is 17.6 Å². The van der Waals surface area contributed by atoms with Crippen LogP contribution in [0.5, 0.6) is 0 Å². The summed E-state index contributed by atoms with van der Waals surface area (Å²) in [4.78, 5) is 31.7. The molecule has 1 saturated heterocycles. The zero-order valence-electron chi connectivity index (χ0n) is 19.9. The highest BCUT2D eigenvalue weighted by molar-refractivity contribution is 6.00. The number of likely N-dealkylation sites (tertiary alicyclic amines) is 1. The number of carbonyl (C=O) groups is 2. The Morgan fingerprint density at radius 2 is 1.82 bits per heavy atom. The van der Waals surface area contributed by atoms with Crippen LogP contribution in [-0.4, -0.2) is 54.0 Å². The van der Waals surface area contributed by atoms with Crippen molar-refractivity contribution in [1.82, 2.24) is 20.5 Å². The maximum absolute atomic E-state index is 12.4. The van der Waals surface area contributed by atoms with Crippen LogP contribution in [0, 0.1) is 13.8 Å². The van der Waals surface area contributed by atoms with Crippen LogP contribution in [0.2, 0.25) is 0 Å². The standard InChI is InChI=1S/C27H33N5O2/c1-19-6-5-7-21(16-19)18-26(33)30-22-10-13-32(14-11-22)15-12-28-27(34)31-25-17-20(2)29-24-9-4-3-8-23(24)25/h3-9,16-17,22H,10-15,18H2,1-2H3,(H,30,33)(H2,28,29,31,34). The Morgan fingerprint density at radius 3 is 2.62 bits per heavy atom. The van der Waals surface area contributed by atoms with E-state index in [4.69, 9.17) is 0 Å². The number of aryl methyl sites for hydroxylation is 2. The lowest BCUT2D eigenvalue weighted by molar-refractivity contribution is -0.121. The zero-order valence-corrected chi connectivity index (χ0v) is 19.9. The summed E-state index contributed by atoms with van der Waals surface area (Å²) in [5, 5.41) is 10.0. The quantitative estimate of drug-likeness (QED) is 0.502. The van der Waals surface area contributed by atoms with E-state index in [1.54, 1.807) is 0 Å². The first-order valence-electron chi connectivity index (χ1n) is 11.9. The molecule has 0 bridgehead atoms. The topological polar surface area (TPSA) is 86.4 Å². The minimum Gasteiger partial charge on any atom is -0.353 e. The Bertz CT molecular complexity index is 1150. The predicted octanol–water partition coefficient (Wildman–Crippen LogP) is 3.80. The van der Waals surface area contributed by atoms with Gasteiger partial charge in [-0.2, -0.15) is 0 Å². The number of urea groups is 1. The third-order valence-corrected chi connectivity index (χ3v) is 6.21. The number of amides is 3. The van der Waals surface area contributed by atoms with Crippen LogP contribution < -0.4 is 16.0 Å². The van der Waals surface area contributed by atoms with Gasteiger partial charge in [-0.05, 0) is 44.4 Å². The lowest BCUT2D eigenvalue weighted by Gasteiger charge is -2.32. The monoisotopic (exact) mass is 459 g/mol. The molecule has 7 heteroatoms. The van der Waals surface area contributed by atoms with Gasteiger partial charge in [0.2, 0.25) is 5.91 Å². The second-order valence-electron chi connectivity index (χ2n) is 9.06. The van der Waals surface area contributed by atoms with E-state index >= 15 is 0 Å². The van der Waals surface area contributed by atoms with Crippen molar-refractivity contribution in [3.8, 4) is 0 Å². The first kappa shape index (κ1) is 23.7. The van der Waals surface area contributed by atoms with Gasteiger partial charge in [0.25, 0.3) is 0 Å². The molecule has 1 aliphatic heterocycles. The predicted molar refractivity (Wildman–Crippen MR) is 136 cm³/mol. The van der Waals surface area contributed by atoms with Crippen LogP contribution in [0.3, 0.4) is 0 Å². The number of aromatic nitrogens is 1. The number of pyridine rings is 1. The number of fused-ring (bicyclic) bond motifs is 1. The Balaban J connectivity index is 1.16. The molecule has 4 rings (SSSR count). The van der Waals surface area contributed by atoms with Crippen LogP contribution in [-0.2, 0) is 11.2 Å². The van der Waals surface area contributed by atoms with E-state index in [0.29, 0.717) is 13.0 Å². The van der Waals surface area contributed by atoms with E-state index in [9.17, 15) is 9.59 Å². The smallest absolute Gasteiger partial charge is 0.319 e. The van der Waals surface area contributed by atoms with E-state index in [-0.39, 0.29) is 18.0 Å². The summed E-state index contributed by atoms with van der Waals surface area (Å²) in [7, 11) is 0. The average molecular weight is 460 g/mol. The molecule has 3 aromatic rings. The molecule has 178 valence electrons. The minimum atomic E-state index is -0.214. The molecule has 0 radical (unpaired) electrons. The number of para-hydroxylation sites is 1. The normalized spacial score (nSPS) is 14.6. The number of rotatable bonds is 7. The molecule has 1 fully saturated rings. The minimum absolute atomic E-state index is 0.0845. The molecular formula is C27H33N5O2. The van der Waals surface area contributed by atoms with Gasteiger partial charge in [0.1, 0.15) is 0 Å². The van der Waals surface area contributed by atoms with Crippen LogP contribution in [0.25, 0.3) is 10.9 Å². The van der Waals surface area contributed by atoms with Gasteiger partial charge in [0, 0.05) is 43.3 Å². The Morgan fingerprint density at radius 1 is 1.03 bits per heavy atom. The highest BCUT2D eigenvalue weighted by Crippen LogP contribution is 2.22. The highest BCUT2D eigenvalue weighted by atomic mass is 16.2. The summed E-state index contributed by atoms with van der Waals surface area (Å²) in [5.41, 5.74) is 4.72. The average Bonchev–Trinajstić information content (AvgIpc) is 2.80. The highest BCUT2D eigenvalue weighted by Gasteiger charge is 2.20. The summed E-state index contributed by atoms with van der Waals surface area (Å²) in [6.45, 7) is 7.13. The third kappa shape index (κ3) is 6.54. The number of anilines is 1. The van der Waals surface area contributed by atoms with Crippen molar-refractivity contribution in [2.75, 3.05) is 31.5 Å². The largest absolute Gasteiger partial charge is 0.353 e. The van der Waals surface area contributed by atoms with Crippen LogP contribution in [0.4, 0.5) is 10.5 Å². The molecule has 2 heterocycles. The molecule has 34 heavy (non-hydrogen) atoms. The third-order valence-electron chi connectivity index (χ3n) is 6.21. The van der Waals surface area contributed by atoms with E-state index in [1.807, 2.05) is 62.4 Å². The number of hydrogen-bond donors (Lipinski definition) is 3. The molecular weight excluding hydrogens is 426 g/mol. The molecule has 3 amide bonds. The molecule has 7 nitrogen and oxygen atoms in total. The van der Waals surface area contributed by atoms with Crippen molar-refractivity contribution in [3.63, 3.8) is 0 Å². The second kappa shape index (κ2) is 11.1. The second-order valence-corrected chi connectivity index (χ2v) is 9.06. The van der Waals surface area contributed by atoms with E-state index in [2.05, 4.69) is 31.9 Å². The van der Waals surface area contributed by atoms with Gasteiger partial charge < -0.3 is 20.9 Å². The number of carbonyl (C=O) groups excluding carboxylic acids is 2. The number of benzene rings is 2. The molecule has 3 N–H and O–H groups in total. The molecule has 0 spiro atoms. The van der Waals surface area contributed by atoms with E-state index in [0.717, 1.165) is 60.3 Å². The van der Waals surface area contributed by atoms with Crippen molar-refractivity contribution in [2.24, 2.45) is 0 Å². The van der Waals surface area contributed by atoms with Gasteiger partial charge in [-0.15, -0.1) is 0 Å². The molecule has 1 aliphatic rings. The van der Waals surface area contributed by atoms with Gasteiger partial charge >= 0.3 is 6.03 Å². The van der Waals surface area contributed by atoms with Crippen LogP contribution >= 0.6 is 0 Å². The first-order chi connectivity index (χ1) is 16.5. The molecule has 2 aromatic carbocycles. The SMILES string of the molecule is Cc1cccc(CC(=O)NC2CCN(CCNC(=O)Nc3cc(C)nc4ccccc34)CC2)c1. The molecule has 0 aliphatic carbocycles. The lowest BCUT2D eigenvalue weighted by atomic mass is 10.0. The summed E-state index contributed by atoms with van der Waals surface area (Å²) in [5.74, 6) is 0.0845. The maximum Gasteiger partial charge on any atom is 0.319 e. The fourth-order valence-corrected chi connectivity index (χ4v) is 4.49. The van der Waals surface area contributed by atoms with Gasteiger partial charge in [-0.1, -0.05) is 48.0 Å². The lowest BCUT2D eigenvalue weighted by Crippen LogP contribution is -2.47. The zero-order chi connectivity index (χ0) is 23.9. The number of piperidine rings is 1. The van der Waals surface area contributed by atoms with Crippen LogP contribution in [0.1, 0.15) is 29.7 Å². The fraction of sp³-hybridized carbons (Fsp3) is 0.370. The van der Waals surface area contributed by atoms with Crippen molar-refractivity contribution in [1.29, 1.82) is 0 Å². The molecule has 0 atom stereocenters. The summed E-state index contributed by atoms with van der Waals surface area (Å²) < 4.78 is 0. The summed E-state index contributed by atoms with van der Waals surface area (Å²) in [6, 6.07) is 17.8. The van der Waals surface area contributed by atoms with Gasteiger partial charge in [0.15, 0.2) is 0 Å². The van der Waals surface area contributed by atoms with Crippen molar-refractivity contribution in [2.45, 2.75) is 39.2 Å². The van der Waals surface area contributed by atoms with Crippen LogP contribution in [0.15, 0.2) is 54.6 Å². The Labute approximate surface area is 200 Å². The number of nitrogens with one attached hydrogen (secondary N) is 3. The van der Waals surface area contributed by atoms with E-state index < -0.39 is 0 Å². The maximum atomic E-state index is 12.4. The van der Waals surface area contributed by atoms with Crippen molar-refractivity contribution in [3.05, 3.63) is 71.4 Å². The number of nitrogens with zero attached hydrogens (tertiary/aromatic N) is 2.